The van der Waals surface area contributed by atoms with E-state index in [2.05, 4.69) is 4.98 Å². The second kappa shape index (κ2) is 5.20. The fourth-order valence-electron chi connectivity index (χ4n) is 2.70. The quantitative estimate of drug-likeness (QED) is 0.807. The summed E-state index contributed by atoms with van der Waals surface area (Å²) < 4.78 is 39.3. The fourth-order valence-corrected chi connectivity index (χ4v) is 2.70. The predicted molar refractivity (Wildman–Crippen MR) is 78.3 cm³/mol. The lowest BCUT2D eigenvalue weighted by molar-refractivity contribution is 0.174. The van der Waals surface area contributed by atoms with Crippen molar-refractivity contribution < 1.29 is 23.4 Å². The lowest BCUT2D eigenvalue weighted by Gasteiger charge is -2.08. The van der Waals surface area contributed by atoms with E-state index < -0.39 is 11.6 Å². The molecule has 1 aliphatic heterocycles. The van der Waals surface area contributed by atoms with E-state index in [0.29, 0.717) is 33.9 Å². The highest BCUT2D eigenvalue weighted by atomic mass is 19.2. The van der Waals surface area contributed by atoms with Gasteiger partial charge in [0.25, 0.3) is 0 Å². The minimum absolute atomic E-state index is 0.151. The van der Waals surface area contributed by atoms with E-state index in [1.165, 1.54) is 0 Å². The molecule has 1 aromatic heterocycles. The van der Waals surface area contributed by atoms with Gasteiger partial charge in [-0.2, -0.15) is 0 Å². The zero-order valence-corrected chi connectivity index (χ0v) is 11.9. The summed E-state index contributed by atoms with van der Waals surface area (Å²) in [6.07, 6.45) is 0. The number of aliphatic hydroxyl groups is 1. The number of halogens is 2. The van der Waals surface area contributed by atoms with Crippen LogP contribution in [0.15, 0.2) is 30.3 Å². The monoisotopic (exact) mass is 318 g/mol. The molecule has 4 rings (SSSR count). The van der Waals surface area contributed by atoms with E-state index in [-0.39, 0.29) is 19.9 Å². The lowest BCUT2D eigenvalue weighted by Crippen LogP contribution is -2.04. The van der Waals surface area contributed by atoms with Gasteiger partial charge in [0.2, 0.25) is 6.79 Å². The van der Waals surface area contributed by atoms with Crippen LogP contribution >= 0.6 is 0 Å². The van der Waals surface area contributed by atoms with Gasteiger partial charge in [-0.3, -0.25) is 0 Å². The highest BCUT2D eigenvalue weighted by Crippen LogP contribution is 2.36. The smallest absolute Gasteiger partial charge is 0.231 e. The number of fused-ring (bicyclic) bond motifs is 2. The largest absolute Gasteiger partial charge is 0.454 e. The number of hydrogen-bond donors (Lipinski definition) is 1. The Hall–Kier alpha value is -2.67. The predicted octanol–water partition coefficient (Wildman–Crippen LogP) is 2.70. The van der Waals surface area contributed by atoms with Crippen LogP contribution in [0.5, 0.6) is 11.5 Å². The van der Waals surface area contributed by atoms with Crippen LogP contribution in [0.1, 0.15) is 0 Å². The second-order valence-electron chi connectivity index (χ2n) is 5.13. The number of ether oxygens (including phenoxy) is 2. The SMILES string of the molecule is OCCn1c(-c2ccc3c(c2)OCO3)nc2cc(F)c(F)cc21. The number of rotatable bonds is 3. The maximum atomic E-state index is 13.5. The molecule has 23 heavy (non-hydrogen) atoms. The molecule has 2 aromatic carbocycles. The van der Waals surface area contributed by atoms with E-state index in [4.69, 9.17) is 9.47 Å². The molecule has 0 saturated heterocycles. The third-order valence-electron chi connectivity index (χ3n) is 3.74. The van der Waals surface area contributed by atoms with Crippen LogP contribution in [0, 0.1) is 11.6 Å². The van der Waals surface area contributed by atoms with Crippen molar-refractivity contribution in [3.8, 4) is 22.9 Å². The molecule has 0 unspecified atom stereocenters. The zero-order valence-electron chi connectivity index (χ0n) is 11.9. The molecule has 3 aromatic rings. The summed E-state index contributed by atoms with van der Waals surface area (Å²) in [6, 6.07) is 7.43. The van der Waals surface area contributed by atoms with Gasteiger partial charge in [0.15, 0.2) is 23.1 Å². The third kappa shape index (κ3) is 2.20. The molecule has 7 heteroatoms. The molecule has 0 atom stereocenters. The van der Waals surface area contributed by atoms with Gasteiger partial charge in [0.05, 0.1) is 17.6 Å². The number of benzene rings is 2. The average Bonchev–Trinajstić information content (AvgIpc) is 3.13. The Bertz CT molecular complexity index is 908. The van der Waals surface area contributed by atoms with Gasteiger partial charge in [-0.05, 0) is 18.2 Å². The van der Waals surface area contributed by atoms with Gasteiger partial charge in [-0.15, -0.1) is 0 Å². The summed E-state index contributed by atoms with van der Waals surface area (Å²) in [5.74, 6) is -0.187. The average molecular weight is 318 g/mol. The zero-order chi connectivity index (χ0) is 16.0. The van der Waals surface area contributed by atoms with E-state index in [1.54, 1.807) is 22.8 Å². The van der Waals surface area contributed by atoms with Crippen LogP contribution in [0.2, 0.25) is 0 Å². The highest BCUT2D eigenvalue weighted by molar-refractivity contribution is 5.81. The van der Waals surface area contributed by atoms with Crippen molar-refractivity contribution in [1.29, 1.82) is 0 Å². The fraction of sp³-hybridized carbons (Fsp3) is 0.188. The lowest BCUT2D eigenvalue weighted by atomic mass is 10.2. The van der Waals surface area contributed by atoms with Crippen LogP contribution in [0.3, 0.4) is 0 Å². The summed E-state index contributed by atoms with van der Waals surface area (Å²) in [5, 5.41) is 9.29. The summed E-state index contributed by atoms with van der Waals surface area (Å²) in [6.45, 7) is 0.218. The molecule has 0 aliphatic carbocycles. The molecule has 0 fully saturated rings. The molecule has 0 radical (unpaired) electrons. The standard InChI is InChI=1S/C16H12F2N2O3/c17-10-6-12-13(7-11(10)18)20(3-4-21)16(19-12)9-1-2-14-15(5-9)23-8-22-14/h1-2,5-7,21H,3-4,8H2. The van der Waals surface area contributed by atoms with Crippen molar-refractivity contribution in [2.75, 3.05) is 13.4 Å². The Balaban J connectivity index is 1.93. The molecule has 1 N–H and O–H groups in total. The van der Waals surface area contributed by atoms with Crippen molar-refractivity contribution in [2.45, 2.75) is 6.54 Å². The van der Waals surface area contributed by atoms with Crippen molar-refractivity contribution >= 4 is 11.0 Å². The Morgan fingerprint density at radius 1 is 1.09 bits per heavy atom. The molecule has 0 bridgehead atoms. The number of aliphatic hydroxyl groups excluding tert-OH is 1. The number of hydrogen-bond acceptors (Lipinski definition) is 4. The number of aromatic nitrogens is 2. The Morgan fingerprint density at radius 3 is 2.70 bits per heavy atom. The summed E-state index contributed by atoms with van der Waals surface area (Å²) in [7, 11) is 0. The summed E-state index contributed by atoms with van der Waals surface area (Å²) in [4.78, 5) is 4.38. The van der Waals surface area contributed by atoms with Gasteiger partial charge in [-0.1, -0.05) is 0 Å². The van der Waals surface area contributed by atoms with Crippen LogP contribution in [0.25, 0.3) is 22.4 Å². The summed E-state index contributed by atoms with van der Waals surface area (Å²) >= 11 is 0. The van der Waals surface area contributed by atoms with Crippen molar-refractivity contribution in [1.82, 2.24) is 9.55 Å². The van der Waals surface area contributed by atoms with Crippen molar-refractivity contribution in [2.24, 2.45) is 0 Å². The van der Waals surface area contributed by atoms with Crippen molar-refractivity contribution in [3.63, 3.8) is 0 Å². The van der Waals surface area contributed by atoms with Gasteiger partial charge < -0.3 is 19.1 Å². The highest BCUT2D eigenvalue weighted by Gasteiger charge is 2.19. The maximum Gasteiger partial charge on any atom is 0.231 e. The van der Waals surface area contributed by atoms with Crippen LogP contribution in [0.4, 0.5) is 8.78 Å². The molecular weight excluding hydrogens is 306 g/mol. The number of imidazole rings is 1. The summed E-state index contributed by atoms with van der Waals surface area (Å²) in [5.41, 5.74) is 1.45. The third-order valence-corrected chi connectivity index (χ3v) is 3.74. The van der Waals surface area contributed by atoms with E-state index in [0.717, 1.165) is 12.1 Å². The van der Waals surface area contributed by atoms with Crippen LogP contribution < -0.4 is 9.47 Å². The molecule has 118 valence electrons. The van der Waals surface area contributed by atoms with E-state index >= 15 is 0 Å². The van der Waals surface area contributed by atoms with Crippen molar-refractivity contribution in [3.05, 3.63) is 42.0 Å². The van der Waals surface area contributed by atoms with Gasteiger partial charge in [0, 0.05) is 24.2 Å². The van der Waals surface area contributed by atoms with Gasteiger partial charge in [-0.25, -0.2) is 13.8 Å². The molecule has 2 heterocycles. The van der Waals surface area contributed by atoms with Gasteiger partial charge >= 0.3 is 0 Å². The molecule has 0 saturated carbocycles. The van der Waals surface area contributed by atoms with Crippen LogP contribution in [-0.2, 0) is 6.54 Å². The molecule has 1 aliphatic rings. The Morgan fingerprint density at radius 2 is 1.87 bits per heavy atom. The van der Waals surface area contributed by atoms with E-state index in [9.17, 15) is 13.9 Å². The second-order valence-corrected chi connectivity index (χ2v) is 5.13. The number of nitrogens with zero attached hydrogens (tertiary/aromatic N) is 2. The first kappa shape index (κ1) is 14.0. The molecule has 0 spiro atoms. The van der Waals surface area contributed by atoms with Gasteiger partial charge in [0.1, 0.15) is 5.82 Å². The maximum absolute atomic E-state index is 13.5. The Labute approximate surface area is 129 Å². The minimum Gasteiger partial charge on any atom is -0.454 e. The molecule has 5 nitrogen and oxygen atoms in total. The topological polar surface area (TPSA) is 56.5 Å². The first-order chi connectivity index (χ1) is 11.2. The van der Waals surface area contributed by atoms with E-state index in [1.807, 2.05) is 0 Å². The Kier molecular flexibility index (Phi) is 3.16. The first-order valence-corrected chi connectivity index (χ1v) is 7.03. The molecule has 0 amide bonds. The normalized spacial score (nSPS) is 13.0. The van der Waals surface area contributed by atoms with Crippen LogP contribution in [-0.4, -0.2) is 28.1 Å². The first-order valence-electron chi connectivity index (χ1n) is 7.03. The minimum atomic E-state index is -0.955. The molecular formula is C16H12F2N2O3.